The number of nitrogens with one attached hydrogen (secondary N) is 1. The molecule has 0 spiro atoms. The molecule has 0 unspecified atom stereocenters. The SMILES string of the molecule is S=C1N[C@@H](c2ccccn2)[C@@H](c2cccn2Cc2ccccn2)N1Cc1ccccn1. The van der Waals surface area contributed by atoms with Crippen molar-refractivity contribution in [3.63, 3.8) is 0 Å². The fourth-order valence-corrected chi connectivity index (χ4v) is 4.37. The van der Waals surface area contributed by atoms with Crippen molar-refractivity contribution in [1.29, 1.82) is 0 Å². The molecule has 0 aliphatic carbocycles. The van der Waals surface area contributed by atoms with E-state index in [0.717, 1.165) is 22.8 Å². The quantitative estimate of drug-likeness (QED) is 0.472. The molecule has 0 bridgehead atoms. The topological polar surface area (TPSA) is 58.9 Å². The Hall–Kier alpha value is -3.58. The Morgan fingerprint density at radius 1 is 0.774 bits per heavy atom. The maximum absolute atomic E-state index is 5.78. The second kappa shape index (κ2) is 8.65. The van der Waals surface area contributed by atoms with Gasteiger partial charge in [-0.3, -0.25) is 15.0 Å². The molecule has 5 heterocycles. The third-order valence-electron chi connectivity index (χ3n) is 5.48. The van der Waals surface area contributed by atoms with Crippen LogP contribution in [0, 0.1) is 0 Å². The lowest BCUT2D eigenvalue weighted by molar-refractivity contribution is 0.295. The first-order chi connectivity index (χ1) is 15.3. The number of rotatable bonds is 6. The number of aromatic nitrogens is 4. The highest BCUT2D eigenvalue weighted by molar-refractivity contribution is 7.80. The molecular weight excluding hydrogens is 404 g/mol. The molecule has 4 aromatic rings. The molecule has 1 fully saturated rings. The molecule has 0 aromatic carbocycles. The fraction of sp³-hybridized carbons (Fsp3) is 0.167. The maximum atomic E-state index is 5.78. The molecule has 154 valence electrons. The second-order valence-electron chi connectivity index (χ2n) is 7.46. The minimum atomic E-state index is -0.0604. The Morgan fingerprint density at radius 3 is 2.10 bits per heavy atom. The number of pyridine rings is 3. The van der Waals surface area contributed by atoms with E-state index in [0.29, 0.717) is 18.2 Å². The lowest BCUT2D eigenvalue weighted by atomic mass is 10.0. The van der Waals surface area contributed by atoms with Crippen LogP contribution in [0.5, 0.6) is 0 Å². The Labute approximate surface area is 186 Å². The summed E-state index contributed by atoms with van der Waals surface area (Å²) >= 11 is 5.78. The van der Waals surface area contributed by atoms with Crippen LogP contribution in [0.3, 0.4) is 0 Å². The molecule has 4 aromatic heterocycles. The Morgan fingerprint density at radius 2 is 1.45 bits per heavy atom. The van der Waals surface area contributed by atoms with Crippen LogP contribution in [0.2, 0.25) is 0 Å². The number of thiocarbonyl (C=S) groups is 1. The van der Waals surface area contributed by atoms with Gasteiger partial charge in [-0.1, -0.05) is 18.2 Å². The maximum Gasteiger partial charge on any atom is 0.170 e. The lowest BCUT2D eigenvalue weighted by Crippen LogP contribution is -2.30. The summed E-state index contributed by atoms with van der Waals surface area (Å²) in [5.74, 6) is 0. The monoisotopic (exact) mass is 426 g/mol. The van der Waals surface area contributed by atoms with Gasteiger partial charge in [-0.2, -0.15) is 0 Å². The minimum Gasteiger partial charge on any atom is -0.352 e. The van der Waals surface area contributed by atoms with Gasteiger partial charge in [0.15, 0.2) is 5.11 Å². The van der Waals surface area contributed by atoms with E-state index in [2.05, 4.69) is 48.1 Å². The summed E-state index contributed by atoms with van der Waals surface area (Å²) in [6.07, 6.45) is 7.57. The van der Waals surface area contributed by atoms with E-state index in [-0.39, 0.29) is 12.1 Å². The van der Waals surface area contributed by atoms with Crippen LogP contribution in [0.15, 0.2) is 91.5 Å². The number of hydrogen-bond donors (Lipinski definition) is 1. The third-order valence-corrected chi connectivity index (χ3v) is 5.83. The van der Waals surface area contributed by atoms with Crippen molar-refractivity contribution in [2.24, 2.45) is 0 Å². The van der Waals surface area contributed by atoms with E-state index < -0.39 is 0 Å². The normalized spacial score (nSPS) is 18.2. The zero-order valence-electron chi connectivity index (χ0n) is 16.9. The van der Waals surface area contributed by atoms with Gasteiger partial charge in [0.1, 0.15) is 0 Å². The summed E-state index contributed by atoms with van der Waals surface area (Å²) in [4.78, 5) is 15.9. The summed E-state index contributed by atoms with van der Waals surface area (Å²) < 4.78 is 2.24. The van der Waals surface area contributed by atoms with Crippen LogP contribution in [0.25, 0.3) is 0 Å². The third kappa shape index (κ3) is 4.04. The van der Waals surface area contributed by atoms with Gasteiger partial charge in [-0.15, -0.1) is 0 Å². The highest BCUT2D eigenvalue weighted by Crippen LogP contribution is 2.39. The van der Waals surface area contributed by atoms with E-state index in [1.807, 2.05) is 73.2 Å². The summed E-state index contributed by atoms with van der Waals surface area (Å²) in [5.41, 5.74) is 4.11. The zero-order chi connectivity index (χ0) is 21.0. The van der Waals surface area contributed by atoms with Crippen molar-refractivity contribution in [3.8, 4) is 0 Å². The fourth-order valence-electron chi connectivity index (χ4n) is 4.07. The van der Waals surface area contributed by atoms with Crippen LogP contribution in [0.4, 0.5) is 0 Å². The van der Waals surface area contributed by atoms with E-state index in [1.165, 1.54) is 0 Å². The Bertz CT molecular complexity index is 1150. The Kier molecular flexibility index (Phi) is 5.41. The molecule has 1 N–H and O–H groups in total. The predicted molar refractivity (Wildman–Crippen MR) is 123 cm³/mol. The largest absolute Gasteiger partial charge is 0.352 e. The van der Waals surface area contributed by atoms with Gasteiger partial charge in [0.05, 0.1) is 42.3 Å². The van der Waals surface area contributed by atoms with Crippen LogP contribution >= 0.6 is 12.2 Å². The first-order valence-corrected chi connectivity index (χ1v) is 10.6. The zero-order valence-corrected chi connectivity index (χ0v) is 17.7. The average Bonchev–Trinajstić information content (AvgIpc) is 3.40. The molecule has 0 amide bonds. The van der Waals surface area contributed by atoms with Gasteiger partial charge in [0.25, 0.3) is 0 Å². The predicted octanol–water partition coefficient (Wildman–Crippen LogP) is 3.89. The van der Waals surface area contributed by atoms with Gasteiger partial charge in [-0.05, 0) is 60.7 Å². The smallest absolute Gasteiger partial charge is 0.170 e. The van der Waals surface area contributed by atoms with Crippen molar-refractivity contribution >= 4 is 17.3 Å². The molecule has 1 aliphatic rings. The molecule has 1 saturated heterocycles. The van der Waals surface area contributed by atoms with Crippen molar-refractivity contribution in [2.45, 2.75) is 25.2 Å². The average molecular weight is 427 g/mol. The van der Waals surface area contributed by atoms with Crippen molar-refractivity contribution in [3.05, 3.63) is 114 Å². The van der Waals surface area contributed by atoms with Crippen molar-refractivity contribution in [2.75, 3.05) is 0 Å². The molecule has 1 aliphatic heterocycles. The van der Waals surface area contributed by atoms with Crippen molar-refractivity contribution < 1.29 is 0 Å². The highest BCUT2D eigenvalue weighted by Gasteiger charge is 2.41. The lowest BCUT2D eigenvalue weighted by Gasteiger charge is -2.28. The Balaban J connectivity index is 1.54. The van der Waals surface area contributed by atoms with Gasteiger partial charge < -0.3 is 14.8 Å². The molecule has 0 radical (unpaired) electrons. The highest BCUT2D eigenvalue weighted by atomic mass is 32.1. The van der Waals surface area contributed by atoms with Crippen molar-refractivity contribution in [1.82, 2.24) is 29.7 Å². The van der Waals surface area contributed by atoms with Gasteiger partial charge in [0, 0.05) is 30.5 Å². The summed E-state index contributed by atoms with van der Waals surface area (Å²) in [5, 5.41) is 4.21. The van der Waals surface area contributed by atoms with E-state index in [9.17, 15) is 0 Å². The molecule has 0 saturated carbocycles. The van der Waals surface area contributed by atoms with E-state index in [4.69, 9.17) is 12.2 Å². The van der Waals surface area contributed by atoms with Crippen LogP contribution in [-0.4, -0.2) is 29.5 Å². The van der Waals surface area contributed by atoms with Crippen LogP contribution in [-0.2, 0) is 13.1 Å². The summed E-state index contributed by atoms with van der Waals surface area (Å²) in [7, 11) is 0. The van der Waals surface area contributed by atoms with Gasteiger partial charge in [0.2, 0.25) is 0 Å². The van der Waals surface area contributed by atoms with Gasteiger partial charge in [-0.25, -0.2) is 0 Å². The molecule has 7 heteroatoms. The van der Waals surface area contributed by atoms with Crippen LogP contribution in [0.1, 0.15) is 34.9 Å². The second-order valence-corrected chi connectivity index (χ2v) is 7.84. The first kappa shape index (κ1) is 19.4. The molecule has 2 atom stereocenters. The first-order valence-electron chi connectivity index (χ1n) is 10.2. The standard InChI is InChI=1S/C24H22N6S/c31-24-28-22(20-10-3-6-14-27-20)23(30(24)17-19-9-2-5-13-26-19)21-11-7-15-29(21)16-18-8-1-4-12-25-18/h1-15,22-23H,16-17H2,(H,28,31)/t22-,23+/m0/s1. The van der Waals surface area contributed by atoms with E-state index >= 15 is 0 Å². The van der Waals surface area contributed by atoms with Crippen LogP contribution < -0.4 is 5.32 Å². The number of nitrogens with zero attached hydrogens (tertiary/aromatic N) is 5. The van der Waals surface area contributed by atoms with Gasteiger partial charge >= 0.3 is 0 Å². The summed E-state index contributed by atoms with van der Waals surface area (Å²) in [6, 6.07) is 22.1. The molecule has 6 nitrogen and oxygen atoms in total. The molecule has 31 heavy (non-hydrogen) atoms. The number of hydrogen-bond acceptors (Lipinski definition) is 4. The minimum absolute atomic E-state index is 0.0249. The summed E-state index contributed by atoms with van der Waals surface area (Å²) in [6.45, 7) is 1.31. The van der Waals surface area contributed by atoms with E-state index in [1.54, 1.807) is 0 Å². The molecular formula is C24H22N6S. The molecule has 5 rings (SSSR count).